The molecular formula is C27H28BrN3O2S. The van der Waals surface area contributed by atoms with E-state index in [4.69, 9.17) is 4.98 Å². The minimum atomic E-state index is -0.121. The predicted molar refractivity (Wildman–Crippen MR) is 139 cm³/mol. The Kier molecular flexibility index (Phi) is 6.84. The van der Waals surface area contributed by atoms with Gasteiger partial charge in [-0.25, -0.2) is 4.98 Å². The summed E-state index contributed by atoms with van der Waals surface area (Å²) in [6.07, 6.45) is 5.21. The lowest BCUT2D eigenvalue weighted by atomic mass is 10.0. The zero-order valence-corrected chi connectivity index (χ0v) is 21.6. The van der Waals surface area contributed by atoms with Crippen molar-refractivity contribution in [3.05, 3.63) is 74.8 Å². The van der Waals surface area contributed by atoms with Crippen LogP contribution in [0.2, 0.25) is 0 Å². The second kappa shape index (κ2) is 10.0. The van der Waals surface area contributed by atoms with Crippen molar-refractivity contribution >= 4 is 39.1 Å². The molecule has 7 heteroatoms. The topological polar surface area (TPSA) is 62.3 Å². The van der Waals surface area contributed by atoms with Crippen LogP contribution in [0, 0.1) is 6.92 Å². The van der Waals surface area contributed by atoms with Crippen molar-refractivity contribution in [2.45, 2.75) is 51.0 Å². The van der Waals surface area contributed by atoms with Crippen LogP contribution in [0.3, 0.4) is 0 Å². The normalized spacial score (nSPS) is 18.1. The van der Waals surface area contributed by atoms with E-state index in [0.29, 0.717) is 30.3 Å². The number of rotatable bonds is 6. The molecule has 2 heterocycles. The zero-order chi connectivity index (χ0) is 23.7. The molecule has 176 valence electrons. The smallest absolute Gasteiger partial charge is 0.274 e. The lowest BCUT2D eigenvalue weighted by molar-refractivity contribution is 0.0598. The van der Waals surface area contributed by atoms with Crippen molar-refractivity contribution in [3.8, 4) is 10.4 Å². The van der Waals surface area contributed by atoms with Gasteiger partial charge in [-0.15, -0.1) is 11.3 Å². The molecule has 2 aliphatic rings. The number of hydrogen-bond donors (Lipinski definition) is 1. The Hall–Kier alpha value is -2.51. The summed E-state index contributed by atoms with van der Waals surface area (Å²) in [5, 5.41) is 4.13. The van der Waals surface area contributed by atoms with E-state index >= 15 is 0 Å². The molecule has 2 amide bonds. The van der Waals surface area contributed by atoms with Crippen molar-refractivity contribution in [3.63, 3.8) is 0 Å². The largest absolute Gasteiger partial charge is 0.350 e. The molecule has 1 aromatic heterocycles. The average Bonchev–Trinajstić information content (AvgIpc) is 3.61. The summed E-state index contributed by atoms with van der Waals surface area (Å²) in [5.41, 5.74) is 3.43. The van der Waals surface area contributed by atoms with Gasteiger partial charge in [0.15, 0.2) is 0 Å². The number of halogens is 1. The van der Waals surface area contributed by atoms with Crippen molar-refractivity contribution in [2.75, 3.05) is 13.1 Å². The van der Waals surface area contributed by atoms with E-state index in [1.807, 2.05) is 23.1 Å². The first-order chi connectivity index (χ1) is 16.5. The Bertz CT molecular complexity index is 1200. The first-order valence-corrected chi connectivity index (χ1v) is 13.5. The van der Waals surface area contributed by atoms with Gasteiger partial charge < -0.3 is 10.2 Å². The molecule has 2 fully saturated rings. The number of carbonyl (C=O) groups excluding carboxylic acids is 2. The number of benzene rings is 2. The molecule has 1 unspecified atom stereocenters. The summed E-state index contributed by atoms with van der Waals surface area (Å²) in [6, 6.07) is 15.7. The Morgan fingerprint density at radius 1 is 1.12 bits per heavy atom. The van der Waals surface area contributed by atoms with Crippen LogP contribution in [-0.2, 0) is 0 Å². The minimum Gasteiger partial charge on any atom is -0.350 e. The van der Waals surface area contributed by atoms with Crippen LogP contribution in [0.5, 0.6) is 0 Å². The van der Waals surface area contributed by atoms with Gasteiger partial charge in [0.05, 0.1) is 9.88 Å². The highest BCUT2D eigenvalue weighted by molar-refractivity contribution is 9.10. The number of nitrogens with zero attached hydrogens (tertiary/aromatic N) is 2. The molecule has 1 aliphatic heterocycles. The van der Waals surface area contributed by atoms with Gasteiger partial charge in [-0.05, 0) is 62.8 Å². The maximum atomic E-state index is 13.8. The molecule has 0 radical (unpaired) electrons. The van der Waals surface area contributed by atoms with Crippen molar-refractivity contribution in [2.24, 2.45) is 0 Å². The van der Waals surface area contributed by atoms with Crippen LogP contribution >= 0.6 is 27.3 Å². The summed E-state index contributed by atoms with van der Waals surface area (Å²) in [6.45, 7) is 3.20. The molecule has 1 N–H and O–H groups in total. The molecule has 0 bridgehead atoms. The van der Waals surface area contributed by atoms with E-state index in [2.05, 4.69) is 52.4 Å². The third kappa shape index (κ3) is 5.10. The number of piperidine rings is 1. The van der Waals surface area contributed by atoms with Gasteiger partial charge in [-0.1, -0.05) is 51.8 Å². The van der Waals surface area contributed by atoms with Crippen LogP contribution in [0.15, 0.2) is 53.0 Å². The lowest BCUT2D eigenvalue weighted by Crippen LogP contribution is -2.49. The number of hydrogen-bond acceptors (Lipinski definition) is 4. The molecule has 0 spiro atoms. The fourth-order valence-corrected chi connectivity index (χ4v) is 6.08. The van der Waals surface area contributed by atoms with E-state index in [9.17, 15) is 9.59 Å². The van der Waals surface area contributed by atoms with Gasteiger partial charge in [0.25, 0.3) is 11.8 Å². The highest BCUT2D eigenvalue weighted by atomic mass is 79.9. The molecule has 1 aliphatic carbocycles. The SMILES string of the molecule is Cc1ccc(-c2sc(C3CC3)nc2C(=O)N2CCCCC2CNC(=O)c2cccc(Br)c2)cc1. The van der Waals surface area contributed by atoms with Gasteiger partial charge in [-0.2, -0.15) is 0 Å². The fourth-order valence-electron chi connectivity index (χ4n) is 4.45. The average molecular weight is 539 g/mol. The highest BCUT2D eigenvalue weighted by Gasteiger charge is 2.34. The Balaban J connectivity index is 1.37. The lowest BCUT2D eigenvalue weighted by Gasteiger charge is -2.35. The molecule has 34 heavy (non-hydrogen) atoms. The number of likely N-dealkylation sites (tertiary alicyclic amines) is 1. The fraction of sp³-hybridized carbons (Fsp3) is 0.370. The van der Waals surface area contributed by atoms with E-state index in [1.165, 1.54) is 5.56 Å². The van der Waals surface area contributed by atoms with Gasteiger partial charge in [0, 0.05) is 35.1 Å². The van der Waals surface area contributed by atoms with E-state index in [-0.39, 0.29) is 17.9 Å². The minimum absolute atomic E-state index is 0.0138. The molecule has 2 aromatic carbocycles. The third-order valence-corrected chi connectivity index (χ3v) is 8.32. The molecule has 3 aromatic rings. The van der Waals surface area contributed by atoms with Crippen LogP contribution in [0.4, 0.5) is 0 Å². The monoisotopic (exact) mass is 537 g/mol. The molecule has 1 saturated heterocycles. The summed E-state index contributed by atoms with van der Waals surface area (Å²) >= 11 is 5.09. The summed E-state index contributed by atoms with van der Waals surface area (Å²) < 4.78 is 0.869. The molecule has 5 rings (SSSR count). The van der Waals surface area contributed by atoms with E-state index < -0.39 is 0 Å². The second-order valence-electron chi connectivity index (χ2n) is 9.24. The van der Waals surface area contributed by atoms with Crippen LogP contribution in [0.25, 0.3) is 10.4 Å². The third-order valence-electron chi connectivity index (χ3n) is 6.56. The van der Waals surface area contributed by atoms with Gasteiger partial charge in [0.2, 0.25) is 0 Å². The number of carbonyl (C=O) groups is 2. The number of amides is 2. The number of aryl methyl sites for hydroxylation is 1. The van der Waals surface area contributed by atoms with Gasteiger partial charge in [0.1, 0.15) is 5.69 Å². The number of thiazole rings is 1. The molecule has 5 nitrogen and oxygen atoms in total. The molecular weight excluding hydrogens is 510 g/mol. The first kappa shape index (κ1) is 23.2. The first-order valence-electron chi connectivity index (χ1n) is 11.9. The Morgan fingerprint density at radius 3 is 2.65 bits per heavy atom. The van der Waals surface area contributed by atoms with Gasteiger partial charge in [-0.3, -0.25) is 9.59 Å². The zero-order valence-electron chi connectivity index (χ0n) is 19.2. The van der Waals surface area contributed by atoms with Crippen LogP contribution in [0.1, 0.15) is 69.4 Å². The Morgan fingerprint density at radius 2 is 1.91 bits per heavy atom. The quantitative estimate of drug-likeness (QED) is 0.408. The van der Waals surface area contributed by atoms with Crippen molar-refractivity contribution in [1.82, 2.24) is 15.2 Å². The maximum absolute atomic E-state index is 13.8. The van der Waals surface area contributed by atoms with Gasteiger partial charge >= 0.3 is 0 Å². The highest BCUT2D eigenvalue weighted by Crippen LogP contribution is 2.45. The van der Waals surface area contributed by atoms with Crippen LogP contribution < -0.4 is 5.32 Å². The van der Waals surface area contributed by atoms with Crippen molar-refractivity contribution < 1.29 is 9.59 Å². The van der Waals surface area contributed by atoms with Crippen molar-refractivity contribution in [1.29, 1.82) is 0 Å². The second-order valence-corrected chi connectivity index (χ2v) is 11.2. The summed E-state index contributed by atoms with van der Waals surface area (Å²) in [5.74, 6) is 0.363. The summed E-state index contributed by atoms with van der Waals surface area (Å²) in [4.78, 5) is 34.3. The Labute approximate surface area is 212 Å². The maximum Gasteiger partial charge on any atom is 0.274 e. The van der Waals surface area contributed by atoms with E-state index in [1.54, 1.807) is 17.4 Å². The standard InChI is InChI=1S/C27H28BrN3O2S/c1-17-8-10-18(11-9-17)24-23(30-26(34-24)19-12-13-19)27(33)31-14-3-2-7-22(31)16-29-25(32)20-5-4-6-21(28)15-20/h4-6,8-11,15,19,22H,2-3,7,12-14,16H2,1H3,(H,29,32). The molecule has 1 saturated carbocycles. The number of aromatic nitrogens is 1. The van der Waals surface area contributed by atoms with Crippen LogP contribution in [-0.4, -0.2) is 40.8 Å². The predicted octanol–water partition coefficient (Wildman–Crippen LogP) is 6.18. The summed E-state index contributed by atoms with van der Waals surface area (Å²) in [7, 11) is 0. The molecule has 1 atom stereocenters. The van der Waals surface area contributed by atoms with E-state index in [0.717, 1.165) is 52.0 Å². The number of nitrogens with one attached hydrogen (secondary N) is 1.